The average molecular weight is 263 g/mol. The first-order valence-electron chi connectivity index (χ1n) is 6.96. The van der Waals surface area contributed by atoms with Gasteiger partial charge >= 0.3 is 0 Å². The van der Waals surface area contributed by atoms with Crippen molar-refractivity contribution in [3.63, 3.8) is 0 Å². The second-order valence-corrected chi connectivity index (χ2v) is 6.19. The lowest BCUT2D eigenvalue weighted by atomic mass is 10.1. The minimum atomic E-state index is 0.0455. The van der Waals surface area contributed by atoms with E-state index in [2.05, 4.69) is 53.7 Å². The summed E-state index contributed by atoms with van der Waals surface area (Å²) < 4.78 is 0. The third-order valence-corrected chi connectivity index (χ3v) is 3.93. The molecule has 5 nitrogen and oxygen atoms in total. The lowest BCUT2D eigenvalue weighted by molar-refractivity contribution is 0.533. The van der Waals surface area contributed by atoms with Crippen LogP contribution in [0.4, 0.5) is 11.6 Å². The maximum Gasteiger partial charge on any atom is 0.134 e. The van der Waals surface area contributed by atoms with E-state index in [1.165, 1.54) is 6.42 Å². The van der Waals surface area contributed by atoms with E-state index in [4.69, 9.17) is 5.73 Å². The van der Waals surface area contributed by atoms with E-state index in [1.807, 2.05) is 0 Å². The van der Waals surface area contributed by atoms with Gasteiger partial charge in [-0.2, -0.15) is 0 Å². The van der Waals surface area contributed by atoms with Gasteiger partial charge in [-0.25, -0.2) is 9.97 Å². The van der Waals surface area contributed by atoms with Crippen molar-refractivity contribution in [3.05, 3.63) is 12.4 Å². The SMILES string of the molecule is CN(c1cc(N2CCCC2CN)ncn1)C(C)(C)C. The number of nitrogens with zero attached hydrogens (tertiary/aromatic N) is 4. The first-order valence-corrected chi connectivity index (χ1v) is 6.96. The Morgan fingerprint density at radius 2 is 2.16 bits per heavy atom. The van der Waals surface area contributed by atoms with Gasteiger partial charge in [-0.05, 0) is 33.6 Å². The van der Waals surface area contributed by atoms with Gasteiger partial charge in [0.05, 0.1) is 0 Å². The highest BCUT2D eigenvalue weighted by Gasteiger charge is 2.26. The molecule has 0 amide bonds. The van der Waals surface area contributed by atoms with Gasteiger partial charge in [0.15, 0.2) is 0 Å². The minimum Gasteiger partial charge on any atom is -0.355 e. The molecule has 1 aromatic heterocycles. The molecule has 19 heavy (non-hydrogen) atoms. The van der Waals surface area contributed by atoms with Gasteiger partial charge in [0, 0.05) is 37.8 Å². The zero-order chi connectivity index (χ0) is 14.0. The molecule has 1 saturated heterocycles. The molecule has 0 bridgehead atoms. The standard InChI is InChI=1S/C14H25N5/c1-14(2,3)18(4)12-8-13(17-10-16-12)19-7-5-6-11(19)9-15/h8,10-11H,5-7,9,15H2,1-4H3. The van der Waals surface area contributed by atoms with Crippen molar-refractivity contribution in [1.82, 2.24) is 9.97 Å². The van der Waals surface area contributed by atoms with Crippen LogP contribution in [0.1, 0.15) is 33.6 Å². The van der Waals surface area contributed by atoms with Crippen molar-refractivity contribution < 1.29 is 0 Å². The normalized spacial score (nSPS) is 19.8. The van der Waals surface area contributed by atoms with Crippen molar-refractivity contribution in [3.8, 4) is 0 Å². The van der Waals surface area contributed by atoms with Crippen LogP contribution in [0.3, 0.4) is 0 Å². The van der Waals surface area contributed by atoms with E-state index in [9.17, 15) is 0 Å². The monoisotopic (exact) mass is 263 g/mol. The molecule has 0 radical (unpaired) electrons. The number of rotatable bonds is 3. The third kappa shape index (κ3) is 2.97. The van der Waals surface area contributed by atoms with Crippen LogP contribution in [0.15, 0.2) is 12.4 Å². The van der Waals surface area contributed by atoms with Gasteiger partial charge in [0.1, 0.15) is 18.0 Å². The summed E-state index contributed by atoms with van der Waals surface area (Å²) in [4.78, 5) is 13.3. The van der Waals surface area contributed by atoms with Gasteiger partial charge in [-0.3, -0.25) is 0 Å². The number of aromatic nitrogens is 2. The number of hydrogen-bond acceptors (Lipinski definition) is 5. The molecular weight excluding hydrogens is 238 g/mol. The van der Waals surface area contributed by atoms with Crippen LogP contribution < -0.4 is 15.5 Å². The Balaban J connectivity index is 2.24. The Morgan fingerprint density at radius 1 is 1.42 bits per heavy atom. The van der Waals surface area contributed by atoms with Crippen molar-refractivity contribution in [1.29, 1.82) is 0 Å². The van der Waals surface area contributed by atoms with E-state index >= 15 is 0 Å². The van der Waals surface area contributed by atoms with Gasteiger partial charge < -0.3 is 15.5 Å². The fourth-order valence-electron chi connectivity index (χ4n) is 2.40. The van der Waals surface area contributed by atoms with E-state index in [1.54, 1.807) is 6.33 Å². The fourth-order valence-corrected chi connectivity index (χ4v) is 2.40. The predicted octanol–water partition coefficient (Wildman–Crippen LogP) is 1.64. The molecule has 5 heteroatoms. The molecule has 0 spiro atoms. The van der Waals surface area contributed by atoms with Gasteiger partial charge in [0.2, 0.25) is 0 Å². The molecule has 2 rings (SSSR count). The topological polar surface area (TPSA) is 58.3 Å². The minimum absolute atomic E-state index is 0.0455. The maximum atomic E-state index is 5.83. The van der Waals surface area contributed by atoms with Crippen LogP contribution in [0, 0.1) is 0 Å². The lowest BCUT2D eigenvalue weighted by Crippen LogP contribution is -2.39. The first kappa shape index (κ1) is 14.1. The van der Waals surface area contributed by atoms with Crippen LogP contribution in [0.2, 0.25) is 0 Å². The zero-order valence-electron chi connectivity index (χ0n) is 12.4. The molecule has 2 heterocycles. The third-order valence-electron chi connectivity index (χ3n) is 3.93. The van der Waals surface area contributed by atoms with Gasteiger partial charge in [0.25, 0.3) is 0 Å². The van der Waals surface area contributed by atoms with Crippen LogP contribution >= 0.6 is 0 Å². The molecule has 1 fully saturated rings. The first-order chi connectivity index (χ1) is 8.93. The summed E-state index contributed by atoms with van der Waals surface area (Å²) in [6.07, 6.45) is 4.00. The molecule has 1 unspecified atom stereocenters. The van der Waals surface area contributed by atoms with Crippen molar-refractivity contribution in [2.24, 2.45) is 5.73 Å². The molecule has 1 atom stereocenters. The second-order valence-electron chi connectivity index (χ2n) is 6.19. The largest absolute Gasteiger partial charge is 0.355 e. The molecule has 2 N–H and O–H groups in total. The Morgan fingerprint density at radius 3 is 2.79 bits per heavy atom. The molecule has 1 aliphatic rings. The molecule has 0 aromatic carbocycles. The van der Waals surface area contributed by atoms with Crippen molar-refractivity contribution in [2.45, 2.75) is 45.2 Å². The summed E-state index contributed by atoms with van der Waals surface area (Å²) in [6.45, 7) is 8.25. The molecule has 0 saturated carbocycles. The van der Waals surface area contributed by atoms with E-state index in [0.29, 0.717) is 12.6 Å². The number of nitrogens with two attached hydrogens (primary N) is 1. The molecule has 106 valence electrons. The number of hydrogen-bond donors (Lipinski definition) is 1. The van der Waals surface area contributed by atoms with Crippen LogP contribution in [-0.4, -0.2) is 41.7 Å². The quantitative estimate of drug-likeness (QED) is 0.898. The maximum absolute atomic E-state index is 5.83. The second kappa shape index (κ2) is 5.33. The van der Waals surface area contributed by atoms with E-state index in [-0.39, 0.29) is 5.54 Å². The fraction of sp³-hybridized carbons (Fsp3) is 0.714. The molecule has 0 aliphatic carbocycles. The summed E-state index contributed by atoms with van der Waals surface area (Å²) in [7, 11) is 2.07. The Kier molecular flexibility index (Phi) is 3.94. The average Bonchev–Trinajstić information content (AvgIpc) is 2.85. The van der Waals surface area contributed by atoms with E-state index < -0.39 is 0 Å². The zero-order valence-corrected chi connectivity index (χ0v) is 12.4. The van der Waals surface area contributed by atoms with Crippen LogP contribution in [0.5, 0.6) is 0 Å². The number of anilines is 2. The Bertz CT molecular complexity index is 426. The summed E-state index contributed by atoms with van der Waals surface area (Å²) in [5.74, 6) is 1.95. The summed E-state index contributed by atoms with van der Waals surface area (Å²) >= 11 is 0. The summed E-state index contributed by atoms with van der Waals surface area (Å²) in [6, 6.07) is 2.49. The summed E-state index contributed by atoms with van der Waals surface area (Å²) in [5, 5.41) is 0. The van der Waals surface area contributed by atoms with Gasteiger partial charge in [-0.15, -0.1) is 0 Å². The highest BCUT2D eigenvalue weighted by atomic mass is 15.3. The van der Waals surface area contributed by atoms with E-state index in [0.717, 1.165) is 24.6 Å². The predicted molar refractivity (Wildman–Crippen MR) is 79.6 cm³/mol. The van der Waals surface area contributed by atoms with Crippen molar-refractivity contribution >= 4 is 11.6 Å². The molecule has 1 aliphatic heterocycles. The lowest BCUT2D eigenvalue weighted by Gasteiger charge is -2.33. The summed E-state index contributed by atoms with van der Waals surface area (Å²) in [5.41, 5.74) is 5.88. The highest BCUT2D eigenvalue weighted by molar-refractivity contribution is 5.52. The Hall–Kier alpha value is -1.36. The van der Waals surface area contributed by atoms with Crippen LogP contribution in [-0.2, 0) is 0 Å². The molecule has 1 aromatic rings. The van der Waals surface area contributed by atoms with Crippen molar-refractivity contribution in [2.75, 3.05) is 29.9 Å². The smallest absolute Gasteiger partial charge is 0.134 e. The molecular formula is C14H25N5. The van der Waals surface area contributed by atoms with Crippen LogP contribution in [0.25, 0.3) is 0 Å². The van der Waals surface area contributed by atoms with Gasteiger partial charge in [-0.1, -0.05) is 0 Å². The Labute approximate surface area is 115 Å². The highest BCUT2D eigenvalue weighted by Crippen LogP contribution is 2.27.